The molecule has 0 radical (unpaired) electrons. The largest absolute Gasteiger partial charge is 0.393 e. The molecule has 4 rings (SSSR count). The molecule has 6 nitrogen and oxygen atoms in total. The SMILES string of the molecule is Cc1ccc(Nc2ncnc(N3CCN(c4cccc(C)c4C)CC3)c2N)cc1Cl. The number of nitrogens with one attached hydrogen (secondary N) is 1. The van der Waals surface area contributed by atoms with Crippen LogP contribution < -0.4 is 20.9 Å². The second-order valence-electron chi connectivity index (χ2n) is 7.74. The standard InChI is InChI=1S/C23H27ClN6/c1-15-5-4-6-20(17(15)3)29-9-11-30(12-10-29)23-21(25)22(26-14-27-23)28-18-8-7-16(2)19(24)13-18/h4-8,13-14H,9-12,25H2,1-3H3,(H,26,27,28). The predicted octanol–water partition coefficient (Wildman–Crippen LogP) is 4.71. The molecule has 0 unspecified atom stereocenters. The molecule has 1 aliphatic heterocycles. The van der Waals surface area contributed by atoms with Crippen LogP contribution in [-0.2, 0) is 0 Å². The summed E-state index contributed by atoms with van der Waals surface area (Å²) in [5, 5.41) is 3.97. The first-order chi connectivity index (χ1) is 14.4. The van der Waals surface area contributed by atoms with Crippen LogP contribution >= 0.6 is 11.6 Å². The summed E-state index contributed by atoms with van der Waals surface area (Å²) in [6.07, 6.45) is 1.56. The van der Waals surface area contributed by atoms with E-state index < -0.39 is 0 Å². The van der Waals surface area contributed by atoms with E-state index in [4.69, 9.17) is 17.3 Å². The highest BCUT2D eigenvalue weighted by Gasteiger charge is 2.22. The van der Waals surface area contributed by atoms with Crippen LogP contribution in [0.15, 0.2) is 42.7 Å². The minimum atomic E-state index is 0.550. The molecular formula is C23H27ClN6. The zero-order valence-corrected chi connectivity index (χ0v) is 18.4. The molecule has 2 aromatic carbocycles. The summed E-state index contributed by atoms with van der Waals surface area (Å²) >= 11 is 6.24. The normalized spacial score (nSPS) is 14.1. The number of anilines is 5. The molecule has 156 valence electrons. The summed E-state index contributed by atoms with van der Waals surface area (Å²) in [7, 11) is 0. The summed E-state index contributed by atoms with van der Waals surface area (Å²) in [6, 6.07) is 12.3. The summed E-state index contributed by atoms with van der Waals surface area (Å²) in [5.74, 6) is 1.36. The van der Waals surface area contributed by atoms with Crippen molar-refractivity contribution < 1.29 is 0 Å². The van der Waals surface area contributed by atoms with Crippen LogP contribution in [0.1, 0.15) is 16.7 Å². The second kappa shape index (κ2) is 8.40. The average molecular weight is 423 g/mol. The van der Waals surface area contributed by atoms with E-state index in [1.54, 1.807) is 6.33 Å². The van der Waals surface area contributed by atoms with Crippen molar-refractivity contribution in [2.45, 2.75) is 20.8 Å². The Morgan fingerprint density at radius 3 is 2.40 bits per heavy atom. The Morgan fingerprint density at radius 2 is 1.67 bits per heavy atom. The monoisotopic (exact) mass is 422 g/mol. The van der Waals surface area contributed by atoms with E-state index in [-0.39, 0.29) is 0 Å². The Balaban J connectivity index is 1.49. The summed E-state index contributed by atoms with van der Waals surface area (Å²) in [4.78, 5) is 13.5. The average Bonchev–Trinajstić information content (AvgIpc) is 2.74. The summed E-state index contributed by atoms with van der Waals surface area (Å²) in [5.41, 5.74) is 12.8. The van der Waals surface area contributed by atoms with E-state index in [0.717, 1.165) is 43.2 Å². The van der Waals surface area contributed by atoms with Crippen molar-refractivity contribution in [1.82, 2.24) is 9.97 Å². The third kappa shape index (κ3) is 4.00. The fraction of sp³-hybridized carbons (Fsp3) is 0.304. The molecule has 1 aliphatic rings. The van der Waals surface area contributed by atoms with Gasteiger partial charge in [0.05, 0.1) is 0 Å². The van der Waals surface area contributed by atoms with Gasteiger partial charge in [0.25, 0.3) is 0 Å². The van der Waals surface area contributed by atoms with Gasteiger partial charge in [-0.15, -0.1) is 0 Å². The zero-order chi connectivity index (χ0) is 21.3. The maximum atomic E-state index is 6.44. The number of nitrogen functional groups attached to an aromatic ring is 1. The fourth-order valence-corrected chi connectivity index (χ4v) is 3.96. The van der Waals surface area contributed by atoms with Crippen molar-refractivity contribution in [2.24, 2.45) is 0 Å². The van der Waals surface area contributed by atoms with Gasteiger partial charge in [-0.1, -0.05) is 29.8 Å². The van der Waals surface area contributed by atoms with Crippen molar-refractivity contribution in [3.05, 3.63) is 64.4 Å². The number of halogens is 1. The van der Waals surface area contributed by atoms with Crippen LogP contribution in [0.25, 0.3) is 0 Å². The molecule has 1 saturated heterocycles. The number of hydrogen-bond acceptors (Lipinski definition) is 6. The maximum Gasteiger partial charge on any atom is 0.159 e. The minimum Gasteiger partial charge on any atom is -0.393 e. The minimum absolute atomic E-state index is 0.550. The van der Waals surface area contributed by atoms with Gasteiger partial charge in [-0.05, 0) is 55.7 Å². The third-order valence-electron chi connectivity index (χ3n) is 5.79. The van der Waals surface area contributed by atoms with Crippen LogP contribution in [0, 0.1) is 20.8 Å². The number of nitrogens with two attached hydrogens (primary N) is 1. The van der Waals surface area contributed by atoms with Gasteiger partial charge in [-0.3, -0.25) is 0 Å². The Labute approximate surface area is 182 Å². The lowest BCUT2D eigenvalue weighted by Crippen LogP contribution is -2.47. The summed E-state index contributed by atoms with van der Waals surface area (Å²) < 4.78 is 0. The van der Waals surface area contributed by atoms with Crippen molar-refractivity contribution >= 4 is 40.3 Å². The number of aromatic nitrogens is 2. The lowest BCUT2D eigenvalue weighted by molar-refractivity contribution is 0.646. The molecule has 30 heavy (non-hydrogen) atoms. The maximum absolute atomic E-state index is 6.44. The predicted molar refractivity (Wildman–Crippen MR) is 126 cm³/mol. The Bertz CT molecular complexity index is 1060. The number of hydrogen-bond donors (Lipinski definition) is 2. The number of nitrogens with zero attached hydrogens (tertiary/aromatic N) is 4. The highest BCUT2D eigenvalue weighted by Crippen LogP contribution is 2.31. The number of rotatable bonds is 4. The molecule has 3 aromatic rings. The van der Waals surface area contributed by atoms with E-state index in [2.05, 4.69) is 57.1 Å². The molecular weight excluding hydrogens is 396 g/mol. The molecule has 2 heterocycles. The van der Waals surface area contributed by atoms with Gasteiger partial charge in [-0.2, -0.15) is 0 Å². The van der Waals surface area contributed by atoms with Gasteiger partial charge in [0, 0.05) is 42.6 Å². The molecule has 0 spiro atoms. The van der Waals surface area contributed by atoms with Crippen molar-refractivity contribution in [3.8, 4) is 0 Å². The summed E-state index contributed by atoms with van der Waals surface area (Å²) in [6.45, 7) is 9.87. The molecule has 0 saturated carbocycles. The number of aryl methyl sites for hydroxylation is 2. The molecule has 0 aliphatic carbocycles. The number of piperazine rings is 1. The van der Waals surface area contributed by atoms with Gasteiger partial charge in [0.1, 0.15) is 12.0 Å². The second-order valence-corrected chi connectivity index (χ2v) is 8.15. The molecule has 1 aromatic heterocycles. The van der Waals surface area contributed by atoms with E-state index in [9.17, 15) is 0 Å². The first-order valence-corrected chi connectivity index (χ1v) is 10.5. The van der Waals surface area contributed by atoms with Crippen LogP contribution in [0.4, 0.5) is 28.7 Å². The van der Waals surface area contributed by atoms with Crippen molar-refractivity contribution in [3.63, 3.8) is 0 Å². The van der Waals surface area contributed by atoms with Crippen LogP contribution in [0.3, 0.4) is 0 Å². The molecule has 0 bridgehead atoms. The first-order valence-electron chi connectivity index (χ1n) is 10.1. The van der Waals surface area contributed by atoms with Crippen LogP contribution in [0.5, 0.6) is 0 Å². The third-order valence-corrected chi connectivity index (χ3v) is 6.20. The van der Waals surface area contributed by atoms with Crippen molar-refractivity contribution in [2.75, 3.05) is 47.0 Å². The van der Waals surface area contributed by atoms with Gasteiger partial charge >= 0.3 is 0 Å². The van der Waals surface area contributed by atoms with Gasteiger partial charge in [0.15, 0.2) is 11.6 Å². The Kier molecular flexibility index (Phi) is 5.68. The van der Waals surface area contributed by atoms with E-state index in [1.807, 2.05) is 25.1 Å². The zero-order valence-electron chi connectivity index (χ0n) is 17.6. The Morgan fingerprint density at radius 1 is 0.933 bits per heavy atom. The van der Waals surface area contributed by atoms with E-state index in [1.165, 1.54) is 16.8 Å². The first kappa shape index (κ1) is 20.3. The van der Waals surface area contributed by atoms with E-state index in [0.29, 0.717) is 16.5 Å². The quantitative estimate of drug-likeness (QED) is 0.634. The highest BCUT2D eigenvalue weighted by molar-refractivity contribution is 6.31. The molecule has 0 amide bonds. The lowest BCUT2D eigenvalue weighted by Gasteiger charge is -2.38. The molecule has 0 atom stereocenters. The lowest BCUT2D eigenvalue weighted by atomic mass is 10.1. The fourth-order valence-electron chi connectivity index (χ4n) is 3.78. The van der Waals surface area contributed by atoms with Crippen molar-refractivity contribution in [1.29, 1.82) is 0 Å². The smallest absolute Gasteiger partial charge is 0.159 e. The highest BCUT2D eigenvalue weighted by atomic mass is 35.5. The number of benzene rings is 2. The van der Waals surface area contributed by atoms with Crippen LogP contribution in [-0.4, -0.2) is 36.1 Å². The van der Waals surface area contributed by atoms with Crippen LogP contribution in [0.2, 0.25) is 5.02 Å². The van der Waals surface area contributed by atoms with Gasteiger partial charge < -0.3 is 20.9 Å². The molecule has 3 N–H and O–H groups in total. The Hall–Kier alpha value is -2.99. The molecule has 7 heteroatoms. The van der Waals surface area contributed by atoms with Gasteiger partial charge in [0.2, 0.25) is 0 Å². The van der Waals surface area contributed by atoms with E-state index >= 15 is 0 Å². The van der Waals surface area contributed by atoms with Gasteiger partial charge in [-0.25, -0.2) is 9.97 Å². The molecule has 1 fully saturated rings. The topological polar surface area (TPSA) is 70.3 Å².